The highest BCUT2D eigenvalue weighted by Gasteiger charge is 2.09. The highest BCUT2D eigenvalue weighted by molar-refractivity contribution is 7.99. The van der Waals surface area contributed by atoms with Gasteiger partial charge in [-0.05, 0) is 17.7 Å². The summed E-state index contributed by atoms with van der Waals surface area (Å²) in [6.07, 6.45) is 2.93. The summed E-state index contributed by atoms with van der Waals surface area (Å²) in [7, 11) is 1.61. The number of imidazole rings is 1. The minimum Gasteiger partial charge on any atom is -0.497 e. The van der Waals surface area contributed by atoms with Crippen molar-refractivity contribution in [2.45, 2.75) is 11.3 Å². The molecule has 0 saturated heterocycles. The molecule has 0 aliphatic rings. The zero-order valence-electron chi connectivity index (χ0n) is 9.46. The Labute approximate surface area is 104 Å². The Kier molecular flexibility index (Phi) is 4.06. The number of benzene rings is 1. The Bertz CT molecular complexity index is 459. The van der Waals surface area contributed by atoms with Gasteiger partial charge in [-0.15, -0.1) is 0 Å². The molecule has 0 bridgehead atoms. The predicted octanol–water partition coefficient (Wildman–Crippen LogP) is 2.24. The van der Waals surface area contributed by atoms with Crippen LogP contribution in [0.2, 0.25) is 0 Å². The SMILES string of the molecule is COc1cccc(C(O)CSc2ncc[nH]2)c1. The smallest absolute Gasteiger partial charge is 0.165 e. The fourth-order valence-corrected chi connectivity index (χ4v) is 2.23. The van der Waals surface area contributed by atoms with E-state index < -0.39 is 6.10 Å². The first kappa shape index (κ1) is 12.0. The molecule has 1 unspecified atom stereocenters. The van der Waals surface area contributed by atoms with E-state index in [-0.39, 0.29) is 0 Å². The summed E-state index contributed by atoms with van der Waals surface area (Å²) in [5, 5.41) is 10.8. The summed E-state index contributed by atoms with van der Waals surface area (Å²) < 4.78 is 5.12. The Hall–Kier alpha value is -1.46. The van der Waals surface area contributed by atoms with Gasteiger partial charge in [0.25, 0.3) is 0 Å². The first-order chi connectivity index (χ1) is 8.29. The van der Waals surface area contributed by atoms with E-state index in [1.54, 1.807) is 19.5 Å². The topological polar surface area (TPSA) is 58.1 Å². The summed E-state index contributed by atoms with van der Waals surface area (Å²) in [4.78, 5) is 7.07. The van der Waals surface area contributed by atoms with Crippen LogP contribution < -0.4 is 4.74 Å². The van der Waals surface area contributed by atoms with E-state index in [4.69, 9.17) is 4.74 Å². The number of hydrogen-bond acceptors (Lipinski definition) is 4. The van der Waals surface area contributed by atoms with Crippen LogP contribution in [0.5, 0.6) is 5.75 Å². The predicted molar refractivity (Wildman–Crippen MR) is 67.3 cm³/mol. The standard InChI is InChI=1S/C12H14N2O2S/c1-16-10-4-2-3-9(7-10)11(15)8-17-12-13-5-6-14-12/h2-7,11,15H,8H2,1H3,(H,13,14). The number of aromatic nitrogens is 2. The third-order valence-electron chi connectivity index (χ3n) is 2.33. The van der Waals surface area contributed by atoms with E-state index in [1.165, 1.54) is 11.8 Å². The molecule has 2 rings (SSSR count). The number of aliphatic hydroxyl groups is 1. The van der Waals surface area contributed by atoms with E-state index in [2.05, 4.69) is 9.97 Å². The van der Waals surface area contributed by atoms with Gasteiger partial charge >= 0.3 is 0 Å². The number of rotatable bonds is 5. The lowest BCUT2D eigenvalue weighted by Gasteiger charge is -2.10. The van der Waals surface area contributed by atoms with Crippen LogP contribution in [0.1, 0.15) is 11.7 Å². The Balaban J connectivity index is 1.96. The molecule has 0 spiro atoms. The molecule has 1 aromatic carbocycles. The van der Waals surface area contributed by atoms with E-state index in [9.17, 15) is 5.11 Å². The Morgan fingerprint density at radius 1 is 1.53 bits per heavy atom. The minimum absolute atomic E-state index is 0.528. The van der Waals surface area contributed by atoms with Crippen molar-refractivity contribution in [2.75, 3.05) is 12.9 Å². The summed E-state index contributed by atoms with van der Waals surface area (Å²) >= 11 is 1.49. The molecule has 17 heavy (non-hydrogen) atoms. The third-order valence-corrected chi connectivity index (χ3v) is 3.31. The van der Waals surface area contributed by atoms with Crippen molar-refractivity contribution in [3.8, 4) is 5.75 Å². The molecule has 1 heterocycles. The summed E-state index contributed by atoms with van der Waals surface area (Å²) in [6, 6.07) is 7.45. The Morgan fingerprint density at radius 3 is 3.12 bits per heavy atom. The largest absolute Gasteiger partial charge is 0.497 e. The number of aliphatic hydroxyl groups excluding tert-OH is 1. The number of ether oxygens (including phenoxy) is 1. The second-order valence-corrected chi connectivity index (χ2v) is 4.51. The number of nitrogens with zero attached hydrogens (tertiary/aromatic N) is 1. The maximum Gasteiger partial charge on any atom is 0.165 e. The van der Waals surface area contributed by atoms with Crippen LogP contribution >= 0.6 is 11.8 Å². The van der Waals surface area contributed by atoms with Crippen LogP contribution in [0.25, 0.3) is 0 Å². The van der Waals surface area contributed by atoms with Gasteiger partial charge < -0.3 is 14.8 Å². The molecule has 4 nitrogen and oxygen atoms in total. The van der Waals surface area contributed by atoms with Crippen molar-refractivity contribution in [2.24, 2.45) is 0 Å². The molecule has 90 valence electrons. The lowest BCUT2D eigenvalue weighted by Crippen LogP contribution is -2.01. The summed E-state index contributed by atoms with van der Waals surface area (Å²) in [5.74, 6) is 1.31. The van der Waals surface area contributed by atoms with Crippen molar-refractivity contribution in [3.05, 3.63) is 42.2 Å². The molecule has 2 aromatic rings. The summed E-state index contributed by atoms with van der Waals surface area (Å²) in [5.41, 5.74) is 0.850. The number of nitrogens with one attached hydrogen (secondary N) is 1. The molecule has 0 saturated carbocycles. The van der Waals surface area contributed by atoms with Crippen LogP contribution in [-0.2, 0) is 0 Å². The Morgan fingerprint density at radius 2 is 2.41 bits per heavy atom. The highest BCUT2D eigenvalue weighted by Crippen LogP contribution is 2.24. The van der Waals surface area contributed by atoms with Crippen LogP contribution in [-0.4, -0.2) is 27.9 Å². The normalized spacial score (nSPS) is 12.4. The highest BCUT2D eigenvalue weighted by atomic mass is 32.2. The van der Waals surface area contributed by atoms with Crippen LogP contribution in [0.3, 0.4) is 0 Å². The fraction of sp³-hybridized carbons (Fsp3) is 0.250. The van der Waals surface area contributed by atoms with Crippen molar-refractivity contribution in [1.29, 1.82) is 0 Å². The molecule has 5 heteroatoms. The lowest BCUT2D eigenvalue weighted by atomic mass is 10.1. The van der Waals surface area contributed by atoms with Gasteiger partial charge in [-0.25, -0.2) is 4.98 Å². The van der Waals surface area contributed by atoms with Gasteiger partial charge in [0, 0.05) is 18.1 Å². The summed E-state index contributed by atoms with van der Waals surface area (Å²) in [6.45, 7) is 0. The number of aromatic amines is 1. The first-order valence-electron chi connectivity index (χ1n) is 5.24. The zero-order valence-corrected chi connectivity index (χ0v) is 10.3. The van der Waals surface area contributed by atoms with Gasteiger partial charge in [-0.2, -0.15) is 0 Å². The van der Waals surface area contributed by atoms with Gasteiger partial charge in [0.1, 0.15) is 5.75 Å². The van der Waals surface area contributed by atoms with Gasteiger partial charge in [0.2, 0.25) is 0 Å². The second kappa shape index (κ2) is 5.75. The van der Waals surface area contributed by atoms with E-state index in [0.717, 1.165) is 16.5 Å². The molecule has 0 radical (unpaired) electrons. The minimum atomic E-state index is -0.528. The molecular weight excluding hydrogens is 236 g/mol. The number of methoxy groups -OCH3 is 1. The molecule has 2 N–H and O–H groups in total. The van der Waals surface area contributed by atoms with Crippen molar-refractivity contribution < 1.29 is 9.84 Å². The quantitative estimate of drug-likeness (QED) is 0.799. The zero-order chi connectivity index (χ0) is 12.1. The monoisotopic (exact) mass is 250 g/mol. The van der Waals surface area contributed by atoms with Gasteiger partial charge in [0.05, 0.1) is 13.2 Å². The molecular formula is C12H14N2O2S. The average Bonchev–Trinajstić information content (AvgIpc) is 2.89. The van der Waals surface area contributed by atoms with Crippen molar-refractivity contribution in [3.63, 3.8) is 0 Å². The van der Waals surface area contributed by atoms with Crippen LogP contribution in [0.15, 0.2) is 41.8 Å². The molecule has 0 fully saturated rings. The van der Waals surface area contributed by atoms with E-state index >= 15 is 0 Å². The van der Waals surface area contributed by atoms with E-state index in [0.29, 0.717) is 5.75 Å². The molecule has 1 aromatic heterocycles. The van der Waals surface area contributed by atoms with Gasteiger partial charge in [-0.3, -0.25) is 0 Å². The molecule has 0 aliphatic heterocycles. The maximum absolute atomic E-state index is 10.0. The van der Waals surface area contributed by atoms with Gasteiger partial charge in [0.15, 0.2) is 5.16 Å². The maximum atomic E-state index is 10.0. The van der Waals surface area contributed by atoms with Gasteiger partial charge in [-0.1, -0.05) is 23.9 Å². The number of thioether (sulfide) groups is 1. The van der Waals surface area contributed by atoms with Crippen LogP contribution in [0, 0.1) is 0 Å². The number of H-pyrrole nitrogens is 1. The molecule has 0 aliphatic carbocycles. The van der Waals surface area contributed by atoms with Crippen molar-refractivity contribution in [1.82, 2.24) is 9.97 Å². The third kappa shape index (κ3) is 3.25. The van der Waals surface area contributed by atoms with Crippen LogP contribution in [0.4, 0.5) is 0 Å². The molecule has 1 atom stereocenters. The number of hydrogen-bond donors (Lipinski definition) is 2. The van der Waals surface area contributed by atoms with E-state index in [1.807, 2.05) is 24.3 Å². The average molecular weight is 250 g/mol. The van der Waals surface area contributed by atoms with Crippen molar-refractivity contribution >= 4 is 11.8 Å². The first-order valence-corrected chi connectivity index (χ1v) is 6.22. The second-order valence-electron chi connectivity index (χ2n) is 3.50. The fourth-order valence-electron chi connectivity index (χ4n) is 1.43. The lowest BCUT2D eigenvalue weighted by molar-refractivity contribution is 0.203. The molecule has 0 amide bonds.